The van der Waals surface area contributed by atoms with Gasteiger partial charge in [0.1, 0.15) is 11.0 Å². The van der Waals surface area contributed by atoms with Gasteiger partial charge in [0.25, 0.3) is 5.92 Å². The molecule has 2 fully saturated rings. The fourth-order valence-electron chi connectivity index (χ4n) is 4.39. The summed E-state index contributed by atoms with van der Waals surface area (Å²) in [5, 5.41) is 11.2. The van der Waals surface area contributed by atoms with Crippen molar-refractivity contribution in [3.63, 3.8) is 0 Å². The Kier molecular flexibility index (Phi) is 5.00. The lowest BCUT2D eigenvalue weighted by Crippen LogP contribution is -2.50. The molecule has 0 aliphatic heterocycles. The first-order valence-electron chi connectivity index (χ1n) is 10.3. The lowest BCUT2D eigenvalue weighted by atomic mass is 9.89. The van der Waals surface area contributed by atoms with Crippen molar-refractivity contribution in [2.75, 3.05) is 0 Å². The van der Waals surface area contributed by atoms with Gasteiger partial charge in [0.2, 0.25) is 10.0 Å². The van der Waals surface area contributed by atoms with E-state index in [4.69, 9.17) is 11.6 Å². The van der Waals surface area contributed by atoms with E-state index < -0.39 is 34.8 Å². The Morgan fingerprint density at radius 2 is 1.97 bits per heavy atom. The zero-order valence-electron chi connectivity index (χ0n) is 16.9. The number of nitriles is 1. The molecule has 2 aliphatic carbocycles. The Morgan fingerprint density at radius 3 is 2.53 bits per heavy atom. The van der Waals surface area contributed by atoms with Crippen LogP contribution in [0.15, 0.2) is 41.4 Å². The number of alkyl halides is 2. The molecule has 3 aromatic rings. The molecule has 0 amide bonds. The Morgan fingerprint density at radius 1 is 1.22 bits per heavy atom. The van der Waals surface area contributed by atoms with Crippen LogP contribution >= 0.6 is 11.6 Å². The summed E-state index contributed by atoms with van der Waals surface area (Å²) in [5.41, 5.74) is 2.42. The second-order valence-electron chi connectivity index (χ2n) is 8.41. The summed E-state index contributed by atoms with van der Waals surface area (Å²) in [6.45, 7) is 0. The van der Waals surface area contributed by atoms with Crippen molar-refractivity contribution in [3.8, 4) is 17.5 Å². The Labute approximate surface area is 188 Å². The highest BCUT2D eigenvalue weighted by atomic mass is 35.5. The highest BCUT2D eigenvalue weighted by Crippen LogP contribution is 2.43. The number of pyridine rings is 1. The molecule has 0 spiro atoms. The van der Waals surface area contributed by atoms with Gasteiger partial charge < -0.3 is 4.57 Å². The van der Waals surface area contributed by atoms with Gasteiger partial charge in [-0.15, -0.1) is 0 Å². The standard InChI is InChI=1S/C22H19ClF2N4O2S/c23-13-4-7-20-17(8-13)18(11-26)21(29(20)15-2-1-3-15)19-6-5-16(12-27-19)32(30,31)28-14-9-22(24,25)10-14/h4-8,12,14-15,28H,1-3,9-10H2. The zero-order valence-corrected chi connectivity index (χ0v) is 18.4. The van der Waals surface area contributed by atoms with Gasteiger partial charge in [0.15, 0.2) is 0 Å². The molecule has 0 atom stereocenters. The number of nitrogens with zero attached hydrogens (tertiary/aromatic N) is 3. The molecule has 2 heterocycles. The van der Waals surface area contributed by atoms with Crippen molar-refractivity contribution in [2.24, 2.45) is 0 Å². The monoisotopic (exact) mass is 476 g/mol. The van der Waals surface area contributed by atoms with Crippen LogP contribution in [0.4, 0.5) is 8.78 Å². The van der Waals surface area contributed by atoms with Crippen LogP contribution in [0.1, 0.15) is 43.7 Å². The van der Waals surface area contributed by atoms with E-state index in [1.54, 1.807) is 18.2 Å². The van der Waals surface area contributed by atoms with Crippen LogP contribution in [0.25, 0.3) is 22.3 Å². The van der Waals surface area contributed by atoms with E-state index in [0.717, 1.165) is 30.2 Å². The van der Waals surface area contributed by atoms with Crippen LogP contribution in [0, 0.1) is 11.3 Å². The molecule has 2 aliphatic rings. The second kappa shape index (κ2) is 7.51. The minimum Gasteiger partial charge on any atom is -0.335 e. The van der Waals surface area contributed by atoms with Crippen LogP contribution in [0.3, 0.4) is 0 Å². The molecule has 2 aromatic heterocycles. The number of nitrogens with one attached hydrogen (secondary N) is 1. The third kappa shape index (κ3) is 3.56. The molecular weight excluding hydrogens is 458 g/mol. The highest BCUT2D eigenvalue weighted by molar-refractivity contribution is 7.89. The van der Waals surface area contributed by atoms with Gasteiger partial charge in [-0.3, -0.25) is 4.98 Å². The lowest BCUT2D eigenvalue weighted by Gasteiger charge is -2.34. The van der Waals surface area contributed by atoms with Crippen LogP contribution in [0.5, 0.6) is 0 Å². The van der Waals surface area contributed by atoms with E-state index in [9.17, 15) is 22.5 Å². The summed E-state index contributed by atoms with van der Waals surface area (Å²) >= 11 is 6.17. The predicted octanol–water partition coefficient (Wildman–Crippen LogP) is 5.03. The van der Waals surface area contributed by atoms with E-state index in [1.807, 2.05) is 6.07 Å². The minimum atomic E-state index is -3.97. The van der Waals surface area contributed by atoms with Gasteiger partial charge in [-0.2, -0.15) is 5.26 Å². The normalized spacial score (nSPS) is 18.8. The Bertz CT molecular complexity index is 1350. The molecule has 1 aromatic carbocycles. The van der Waals surface area contributed by atoms with Crippen molar-refractivity contribution in [1.29, 1.82) is 5.26 Å². The maximum absolute atomic E-state index is 13.0. The van der Waals surface area contributed by atoms with Crippen LogP contribution in [0.2, 0.25) is 5.02 Å². The van der Waals surface area contributed by atoms with Crippen molar-refractivity contribution in [1.82, 2.24) is 14.3 Å². The van der Waals surface area contributed by atoms with E-state index >= 15 is 0 Å². The van der Waals surface area contributed by atoms with E-state index in [1.165, 1.54) is 12.3 Å². The Balaban J connectivity index is 1.54. The molecule has 0 unspecified atom stereocenters. The second-order valence-corrected chi connectivity index (χ2v) is 10.6. The summed E-state index contributed by atoms with van der Waals surface area (Å²) in [6, 6.07) is 10.1. The smallest absolute Gasteiger partial charge is 0.251 e. The topological polar surface area (TPSA) is 87.8 Å². The molecule has 0 saturated heterocycles. The molecule has 10 heteroatoms. The van der Waals surface area contributed by atoms with Crippen molar-refractivity contribution in [2.45, 2.75) is 55.0 Å². The number of rotatable bonds is 5. The fraction of sp³-hybridized carbons (Fsp3) is 0.364. The van der Waals surface area contributed by atoms with Gasteiger partial charge >= 0.3 is 0 Å². The van der Waals surface area contributed by atoms with E-state index in [-0.39, 0.29) is 10.9 Å². The Hall–Kier alpha value is -2.54. The summed E-state index contributed by atoms with van der Waals surface area (Å²) in [6.07, 6.45) is 3.24. The van der Waals surface area contributed by atoms with Crippen molar-refractivity contribution in [3.05, 3.63) is 47.1 Å². The molecule has 5 rings (SSSR count). The molecule has 32 heavy (non-hydrogen) atoms. The van der Waals surface area contributed by atoms with Gasteiger partial charge in [0.05, 0.1) is 22.5 Å². The van der Waals surface area contributed by atoms with Gasteiger partial charge in [-0.25, -0.2) is 21.9 Å². The maximum Gasteiger partial charge on any atom is 0.251 e. The molecular formula is C22H19ClF2N4O2S. The zero-order chi connectivity index (χ0) is 22.7. The third-order valence-corrected chi connectivity index (χ3v) is 7.96. The first kappa shape index (κ1) is 21.3. The van der Waals surface area contributed by atoms with Crippen LogP contribution in [-0.4, -0.2) is 29.9 Å². The number of hydrogen-bond acceptors (Lipinski definition) is 4. The summed E-state index contributed by atoms with van der Waals surface area (Å²) in [5.74, 6) is -2.82. The molecule has 0 radical (unpaired) electrons. The largest absolute Gasteiger partial charge is 0.335 e. The van der Waals surface area contributed by atoms with Crippen molar-refractivity contribution >= 4 is 32.5 Å². The molecule has 2 saturated carbocycles. The first-order valence-corrected chi connectivity index (χ1v) is 12.1. The SMILES string of the molecule is N#Cc1c(-c2ccc(S(=O)(=O)NC3CC(F)(F)C3)cn2)n(C2CCC2)c2ccc(Cl)cc12. The van der Waals surface area contributed by atoms with Crippen LogP contribution in [-0.2, 0) is 10.0 Å². The molecule has 6 nitrogen and oxygen atoms in total. The van der Waals surface area contributed by atoms with Crippen molar-refractivity contribution < 1.29 is 17.2 Å². The first-order chi connectivity index (χ1) is 15.2. The number of sulfonamides is 1. The summed E-state index contributed by atoms with van der Waals surface area (Å²) in [4.78, 5) is 4.24. The number of benzene rings is 1. The average Bonchev–Trinajstić information content (AvgIpc) is 2.98. The number of aromatic nitrogens is 2. The average molecular weight is 477 g/mol. The summed E-state index contributed by atoms with van der Waals surface area (Å²) < 4.78 is 55.6. The number of fused-ring (bicyclic) bond motifs is 1. The number of hydrogen-bond donors (Lipinski definition) is 1. The molecule has 0 bridgehead atoms. The maximum atomic E-state index is 13.0. The fourth-order valence-corrected chi connectivity index (χ4v) is 5.74. The molecule has 166 valence electrons. The quantitative estimate of drug-likeness (QED) is 0.559. The predicted molar refractivity (Wildman–Crippen MR) is 116 cm³/mol. The van der Waals surface area contributed by atoms with Gasteiger partial charge in [-0.05, 0) is 49.6 Å². The molecule has 1 N–H and O–H groups in total. The van der Waals surface area contributed by atoms with E-state index in [0.29, 0.717) is 22.0 Å². The third-order valence-electron chi connectivity index (χ3n) is 6.22. The lowest BCUT2D eigenvalue weighted by molar-refractivity contribution is -0.0876. The summed E-state index contributed by atoms with van der Waals surface area (Å²) in [7, 11) is -3.97. The minimum absolute atomic E-state index is 0.107. The van der Waals surface area contributed by atoms with Crippen LogP contribution < -0.4 is 4.72 Å². The number of halogens is 3. The van der Waals surface area contributed by atoms with Gasteiger partial charge in [0, 0.05) is 41.5 Å². The van der Waals surface area contributed by atoms with Gasteiger partial charge in [-0.1, -0.05) is 11.6 Å². The van der Waals surface area contributed by atoms with E-state index in [2.05, 4.69) is 20.3 Å². The highest BCUT2D eigenvalue weighted by Gasteiger charge is 2.46.